The molecule has 1 aromatic carbocycles. The highest BCUT2D eigenvalue weighted by Crippen LogP contribution is 2.27. The van der Waals surface area contributed by atoms with Crippen molar-refractivity contribution in [3.63, 3.8) is 0 Å². The Balaban J connectivity index is 2.34. The summed E-state index contributed by atoms with van der Waals surface area (Å²) < 4.78 is 19.5. The van der Waals surface area contributed by atoms with Gasteiger partial charge in [0.15, 0.2) is 0 Å². The summed E-state index contributed by atoms with van der Waals surface area (Å²) in [6.45, 7) is 2.55. The van der Waals surface area contributed by atoms with Gasteiger partial charge in [0.1, 0.15) is 29.6 Å². The molecule has 1 N–H and O–H groups in total. The number of ketones is 1. The van der Waals surface area contributed by atoms with Crippen LogP contribution in [0.1, 0.15) is 20.1 Å². The Morgan fingerprint density at radius 2 is 1.95 bits per heavy atom. The number of aromatic nitrogens is 3. The van der Waals surface area contributed by atoms with Crippen LogP contribution < -0.4 is 4.74 Å². The molecule has 1 unspecified atom stereocenters. The van der Waals surface area contributed by atoms with E-state index in [0.717, 1.165) is 4.68 Å². The van der Waals surface area contributed by atoms with Gasteiger partial charge in [0, 0.05) is 0 Å². The zero-order valence-corrected chi connectivity index (χ0v) is 11.9. The molecule has 0 spiro atoms. The van der Waals surface area contributed by atoms with E-state index < -0.39 is 29.2 Å². The SMILES string of the molecule is CC(C)(C(=O)O)C(=O)C(Oc1ccc(F)cc1)n1cncn1. The number of benzene rings is 1. The Hall–Kier alpha value is -2.77. The predicted molar refractivity (Wildman–Crippen MR) is 72.5 cm³/mol. The van der Waals surface area contributed by atoms with Crippen molar-refractivity contribution >= 4 is 11.8 Å². The second kappa shape index (κ2) is 5.92. The minimum atomic E-state index is -1.68. The van der Waals surface area contributed by atoms with Crippen LogP contribution in [0.5, 0.6) is 5.75 Å². The number of hydrogen-bond acceptors (Lipinski definition) is 5. The highest BCUT2D eigenvalue weighted by Gasteiger charge is 2.42. The second-order valence-corrected chi connectivity index (χ2v) is 5.09. The fourth-order valence-electron chi connectivity index (χ4n) is 1.62. The van der Waals surface area contributed by atoms with E-state index in [-0.39, 0.29) is 5.75 Å². The van der Waals surface area contributed by atoms with Crippen LogP contribution in [0.4, 0.5) is 4.39 Å². The van der Waals surface area contributed by atoms with Crippen molar-refractivity contribution in [1.82, 2.24) is 14.8 Å². The topological polar surface area (TPSA) is 94.3 Å². The lowest BCUT2D eigenvalue weighted by atomic mass is 9.87. The zero-order valence-electron chi connectivity index (χ0n) is 11.9. The summed E-state index contributed by atoms with van der Waals surface area (Å²) in [6.07, 6.45) is 1.12. The highest BCUT2D eigenvalue weighted by atomic mass is 19.1. The molecule has 0 aliphatic carbocycles. The molecule has 0 fully saturated rings. The van der Waals surface area contributed by atoms with Crippen LogP contribution in [0.2, 0.25) is 0 Å². The Labute approximate surface area is 125 Å². The van der Waals surface area contributed by atoms with Crippen molar-refractivity contribution < 1.29 is 23.8 Å². The van der Waals surface area contributed by atoms with E-state index in [0.29, 0.717) is 0 Å². The van der Waals surface area contributed by atoms with Crippen molar-refractivity contribution in [3.8, 4) is 5.75 Å². The standard InChI is InChI=1S/C14H14FN3O4/c1-14(2,13(20)21)11(19)12(18-8-16-7-17-18)22-10-5-3-9(15)4-6-10/h3-8,12H,1-2H3,(H,20,21). The van der Waals surface area contributed by atoms with Gasteiger partial charge in [0.25, 0.3) is 6.23 Å². The number of halogens is 1. The summed E-state index contributed by atoms with van der Waals surface area (Å²) in [5, 5.41) is 13.0. The average Bonchev–Trinajstić information content (AvgIpc) is 2.99. The third-order valence-corrected chi connectivity index (χ3v) is 3.11. The lowest BCUT2D eigenvalue weighted by Crippen LogP contribution is -2.41. The molecule has 0 saturated heterocycles. The molecule has 0 amide bonds. The van der Waals surface area contributed by atoms with Crippen LogP contribution in [0.25, 0.3) is 0 Å². The first kappa shape index (κ1) is 15.6. The number of carbonyl (C=O) groups excluding carboxylic acids is 1. The van der Waals surface area contributed by atoms with Gasteiger partial charge < -0.3 is 9.84 Å². The molecule has 7 nitrogen and oxygen atoms in total. The molecular weight excluding hydrogens is 293 g/mol. The van der Waals surface area contributed by atoms with E-state index in [1.807, 2.05) is 0 Å². The lowest BCUT2D eigenvalue weighted by molar-refractivity contribution is -0.157. The molecule has 8 heteroatoms. The van der Waals surface area contributed by atoms with Gasteiger partial charge >= 0.3 is 5.97 Å². The summed E-state index contributed by atoms with van der Waals surface area (Å²) in [4.78, 5) is 27.5. The molecule has 1 aromatic heterocycles. The smallest absolute Gasteiger partial charge is 0.316 e. The highest BCUT2D eigenvalue weighted by molar-refractivity contribution is 6.03. The van der Waals surface area contributed by atoms with E-state index in [1.54, 1.807) is 0 Å². The lowest BCUT2D eigenvalue weighted by Gasteiger charge is -2.25. The molecule has 0 radical (unpaired) electrons. The Morgan fingerprint density at radius 3 is 2.45 bits per heavy atom. The molecule has 22 heavy (non-hydrogen) atoms. The zero-order chi connectivity index (χ0) is 16.3. The van der Waals surface area contributed by atoms with Crippen molar-refractivity contribution in [1.29, 1.82) is 0 Å². The van der Waals surface area contributed by atoms with Crippen LogP contribution in [0, 0.1) is 11.2 Å². The number of rotatable bonds is 6. The Kier molecular flexibility index (Phi) is 4.20. The number of carboxylic acid groups (broad SMARTS) is 1. The third-order valence-electron chi connectivity index (χ3n) is 3.11. The van der Waals surface area contributed by atoms with Gasteiger partial charge in [-0.2, -0.15) is 5.10 Å². The fraction of sp³-hybridized carbons (Fsp3) is 0.286. The van der Waals surface area contributed by atoms with Crippen LogP contribution >= 0.6 is 0 Å². The molecule has 2 aromatic rings. The summed E-state index contributed by atoms with van der Waals surface area (Å²) in [6, 6.07) is 5.00. The van der Waals surface area contributed by atoms with Gasteiger partial charge in [-0.05, 0) is 38.1 Å². The molecule has 0 aliphatic rings. The third kappa shape index (κ3) is 3.11. The normalized spacial score (nSPS) is 12.7. The summed E-state index contributed by atoms with van der Waals surface area (Å²) in [7, 11) is 0. The molecule has 116 valence electrons. The van der Waals surface area contributed by atoms with E-state index in [1.165, 1.54) is 50.8 Å². The number of nitrogens with zero attached hydrogens (tertiary/aromatic N) is 3. The van der Waals surface area contributed by atoms with Crippen molar-refractivity contribution in [2.24, 2.45) is 5.41 Å². The van der Waals surface area contributed by atoms with Gasteiger partial charge in [0.2, 0.25) is 5.78 Å². The number of carboxylic acids is 1. The minimum Gasteiger partial charge on any atom is -0.481 e. The predicted octanol–water partition coefficient (Wildman–Crippen LogP) is 1.67. The fourth-order valence-corrected chi connectivity index (χ4v) is 1.62. The monoisotopic (exact) mass is 307 g/mol. The average molecular weight is 307 g/mol. The summed E-state index contributed by atoms with van der Waals surface area (Å²) in [5.74, 6) is -2.25. The maximum absolute atomic E-state index is 12.9. The van der Waals surface area contributed by atoms with E-state index in [4.69, 9.17) is 4.74 Å². The van der Waals surface area contributed by atoms with E-state index >= 15 is 0 Å². The largest absolute Gasteiger partial charge is 0.481 e. The van der Waals surface area contributed by atoms with Crippen LogP contribution in [-0.2, 0) is 9.59 Å². The minimum absolute atomic E-state index is 0.205. The van der Waals surface area contributed by atoms with Crippen LogP contribution in [0.15, 0.2) is 36.9 Å². The van der Waals surface area contributed by atoms with Crippen LogP contribution in [0.3, 0.4) is 0 Å². The second-order valence-electron chi connectivity index (χ2n) is 5.09. The molecule has 1 atom stereocenters. The molecule has 1 heterocycles. The molecule has 2 rings (SSSR count). The molecule has 0 bridgehead atoms. The quantitative estimate of drug-likeness (QED) is 0.816. The first-order chi connectivity index (χ1) is 10.3. The van der Waals surface area contributed by atoms with E-state index in [2.05, 4.69) is 10.1 Å². The van der Waals surface area contributed by atoms with Gasteiger partial charge in [-0.3, -0.25) is 9.59 Å². The van der Waals surface area contributed by atoms with E-state index in [9.17, 15) is 19.1 Å². The maximum Gasteiger partial charge on any atom is 0.316 e. The number of Topliss-reactive ketones (excluding diaryl/α,β-unsaturated/α-hetero) is 1. The van der Waals surface area contributed by atoms with Gasteiger partial charge in [-0.25, -0.2) is 14.1 Å². The van der Waals surface area contributed by atoms with Crippen LogP contribution in [-0.4, -0.2) is 31.6 Å². The molecular formula is C14H14FN3O4. The Bertz CT molecular complexity index is 668. The van der Waals surface area contributed by atoms with Crippen molar-refractivity contribution in [2.45, 2.75) is 20.1 Å². The number of hydrogen-bond donors (Lipinski definition) is 1. The number of ether oxygens (including phenoxy) is 1. The summed E-state index contributed by atoms with van der Waals surface area (Å²) >= 11 is 0. The number of carbonyl (C=O) groups is 2. The first-order valence-electron chi connectivity index (χ1n) is 6.36. The molecule has 0 aliphatic heterocycles. The van der Waals surface area contributed by atoms with Gasteiger partial charge in [-0.15, -0.1) is 0 Å². The summed E-state index contributed by atoms with van der Waals surface area (Å²) in [5.41, 5.74) is -1.68. The van der Waals surface area contributed by atoms with Crippen molar-refractivity contribution in [3.05, 3.63) is 42.7 Å². The Morgan fingerprint density at radius 1 is 1.32 bits per heavy atom. The molecule has 0 saturated carbocycles. The number of aliphatic carboxylic acids is 1. The van der Waals surface area contributed by atoms with Crippen molar-refractivity contribution in [2.75, 3.05) is 0 Å². The first-order valence-corrected chi connectivity index (χ1v) is 6.36. The maximum atomic E-state index is 12.9. The van der Waals surface area contributed by atoms with Gasteiger partial charge in [-0.1, -0.05) is 0 Å². The van der Waals surface area contributed by atoms with Gasteiger partial charge in [0.05, 0.1) is 0 Å².